The number of hydrogen-bond donors (Lipinski definition) is 1. The molecule has 1 aromatic carbocycles. The molecule has 0 bridgehead atoms. The molecule has 88 valence electrons. The summed E-state index contributed by atoms with van der Waals surface area (Å²) in [7, 11) is 0. The number of benzene rings is 1. The first-order valence-electron chi connectivity index (χ1n) is 5.76. The largest absolute Gasteiger partial charge is 0.399 e. The Labute approximate surface area is 99.5 Å². The molecule has 2 rings (SSSR count). The SMILES string of the molecule is N#CB1CCC(c2c(F)cc(N)cc2F)CC1. The molecule has 0 saturated carbocycles. The molecule has 0 atom stereocenters. The molecule has 1 aliphatic rings. The normalized spacial score (nSPS) is 16.9. The van der Waals surface area contributed by atoms with Gasteiger partial charge < -0.3 is 5.73 Å². The van der Waals surface area contributed by atoms with Crippen LogP contribution in [0.3, 0.4) is 0 Å². The molecule has 1 fully saturated rings. The molecule has 2 nitrogen and oxygen atoms in total. The van der Waals surface area contributed by atoms with Crippen molar-refractivity contribution in [1.29, 1.82) is 5.26 Å². The molecule has 0 radical (unpaired) electrons. The van der Waals surface area contributed by atoms with Gasteiger partial charge in [0.2, 0.25) is 0 Å². The molecule has 0 aliphatic carbocycles. The van der Waals surface area contributed by atoms with Gasteiger partial charge in [0.05, 0.1) is 0 Å². The van der Waals surface area contributed by atoms with Crippen LogP contribution in [0.15, 0.2) is 12.1 Å². The van der Waals surface area contributed by atoms with Crippen LogP contribution in [0.4, 0.5) is 14.5 Å². The maximum atomic E-state index is 13.7. The Hall–Kier alpha value is -1.57. The molecule has 0 amide bonds. The molecule has 1 aliphatic heterocycles. The van der Waals surface area contributed by atoms with E-state index in [9.17, 15) is 8.78 Å². The minimum atomic E-state index is -0.567. The van der Waals surface area contributed by atoms with Gasteiger partial charge in [-0.1, -0.05) is 25.5 Å². The maximum Gasteiger partial charge on any atom is 0.267 e. The number of nitrogen functional groups attached to an aromatic ring is 1. The van der Waals surface area contributed by atoms with E-state index in [0.717, 1.165) is 12.1 Å². The molecular weight excluding hydrogens is 221 g/mol. The van der Waals surface area contributed by atoms with E-state index >= 15 is 0 Å². The van der Waals surface area contributed by atoms with Crippen LogP contribution in [0.5, 0.6) is 0 Å². The third kappa shape index (κ3) is 2.41. The van der Waals surface area contributed by atoms with E-state index in [1.165, 1.54) is 0 Å². The van der Waals surface area contributed by atoms with Crippen molar-refractivity contribution in [2.75, 3.05) is 5.73 Å². The van der Waals surface area contributed by atoms with Gasteiger partial charge in [0.15, 0.2) is 0 Å². The van der Waals surface area contributed by atoms with Crippen LogP contribution in [0, 0.1) is 22.9 Å². The number of nitrogens with zero attached hydrogens (tertiary/aromatic N) is 1. The predicted molar refractivity (Wildman–Crippen MR) is 63.7 cm³/mol. The van der Waals surface area contributed by atoms with Crippen LogP contribution in [0.1, 0.15) is 24.3 Å². The minimum Gasteiger partial charge on any atom is -0.399 e. The highest BCUT2D eigenvalue weighted by atomic mass is 19.1. The summed E-state index contributed by atoms with van der Waals surface area (Å²) in [6.07, 6.45) is 2.75. The standard InChI is InChI=1S/C12H13BF2N2/c14-10-5-9(17)6-11(15)12(10)8-1-3-13(7-16)4-2-8/h5-6,8H,1-4,17H2. The number of hydrogen-bond acceptors (Lipinski definition) is 2. The quantitative estimate of drug-likeness (QED) is 0.599. The van der Waals surface area contributed by atoms with Gasteiger partial charge in [-0.2, -0.15) is 0 Å². The molecule has 1 saturated heterocycles. The number of halogens is 2. The first-order valence-corrected chi connectivity index (χ1v) is 5.76. The summed E-state index contributed by atoms with van der Waals surface area (Å²) in [5, 5.41) is 8.78. The lowest BCUT2D eigenvalue weighted by Gasteiger charge is -2.24. The van der Waals surface area contributed by atoms with E-state index < -0.39 is 11.6 Å². The number of rotatable bonds is 1. The van der Waals surface area contributed by atoms with Gasteiger partial charge in [0.1, 0.15) is 11.6 Å². The molecule has 2 N–H and O–H groups in total. The highest BCUT2D eigenvalue weighted by Gasteiger charge is 2.28. The van der Waals surface area contributed by atoms with E-state index in [1.807, 2.05) is 0 Å². The van der Waals surface area contributed by atoms with Gasteiger partial charge in [-0.3, -0.25) is 0 Å². The molecule has 5 heteroatoms. The Bertz CT molecular complexity index is 439. The van der Waals surface area contributed by atoms with E-state index in [1.54, 1.807) is 0 Å². The molecule has 1 heterocycles. The van der Waals surface area contributed by atoms with E-state index in [-0.39, 0.29) is 23.9 Å². The van der Waals surface area contributed by atoms with Crippen molar-refractivity contribution in [2.45, 2.75) is 31.4 Å². The smallest absolute Gasteiger partial charge is 0.267 e. The molecule has 1 aromatic rings. The summed E-state index contributed by atoms with van der Waals surface area (Å²) >= 11 is 0. The molecular formula is C12H13BF2N2. The lowest BCUT2D eigenvalue weighted by molar-refractivity contribution is 0.500. The van der Waals surface area contributed by atoms with Crippen LogP contribution in [0.25, 0.3) is 0 Å². The Morgan fingerprint density at radius 1 is 1.24 bits per heavy atom. The second-order valence-electron chi connectivity index (χ2n) is 4.58. The highest BCUT2D eigenvalue weighted by Crippen LogP contribution is 2.36. The minimum absolute atomic E-state index is 0.0335. The van der Waals surface area contributed by atoms with Crippen molar-refractivity contribution in [3.05, 3.63) is 29.3 Å². The Balaban J connectivity index is 2.22. The number of anilines is 1. The maximum absolute atomic E-state index is 13.7. The molecule has 0 spiro atoms. The van der Waals surface area contributed by atoms with Gasteiger partial charge in [-0.25, -0.2) is 14.0 Å². The first-order chi connectivity index (χ1) is 8.11. The zero-order valence-electron chi connectivity index (χ0n) is 9.42. The van der Waals surface area contributed by atoms with Crippen molar-refractivity contribution < 1.29 is 8.78 Å². The lowest BCUT2D eigenvalue weighted by atomic mass is 9.41. The van der Waals surface area contributed by atoms with Crippen LogP contribution in [-0.4, -0.2) is 6.71 Å². The van der Waals surface area contributed by atoms with Gasteiger partial charge in [-0.05, 0) is 18.1 Å². The van der Waals surface area contributed by atoms with Crippen LogP contribution in [-0.2, 0) is 0 Å². The summed E-state index contributed by atoms with van der Waals surface area (Å²) in [5.74, 6) is 0.948. The highest BCUT2D eigenvalue weighted by molar-refractivity contribution is 6.67. The second kappa shape index (κ2) is 4.74. The summed E-state index contributed by atoms with van der Waals surface area (Å²) < 4.78 is 27.4. The summed E-state index contributed by atoms with van der Waals surface area (Å²) in [6, 6.07) is 2.32. The van der Waals surface area contributed by atoms with Gasteiger partial charge >= 0.3 is 0 Å². The average Bonchev–Trinajstić information content (AvgIpc) is 2.28. The third-order valence-corrected chi connectivity index (χ3v) is 3.42. The Kier molecular flexibility index (Phi) is 3.32. The zero-order valence-corrected chi connectivity index (χ0v) is 9.42. The van der Waals surface area contributed by atoms with Crippen molar-refractivity contribution in [1.82, 2.24) is 0 Å². The fraction of sp³-hybridized carbons (Fsp3) is 0.417. The number of nitrogens with two attached hydrogens (primary N) is 1. The van der Waals surface area contributed by atoms with E-state index in [4.69, 9.17) is 11.0 Å². The van der Waals surface area contributed by atoms with Gasteiger partial charge in [0.25, 0.3) is 6.71 Å². The predicted octanol–water partition coefficient (Wildman–Crippen LogP) is 2.98. The Morgan fingerprint density at radius 3 is 2.24 bits per heavy atom. The monoisotopic (exact) mass is 234 g/mol. The summed E-state index contributed by atoms with van der Waals surface area (Å²) in [5.41, 5.74) is 5.62. The number of nitriles is 1. The average molecular weight is 234 g/mol. The van der Waals surface area contributed by atoms with Crippen molar-refractivity contribution in [3.8, 4) is 5.97 Å². The van der Waals surface area contributed by atoms with Gasteiger partial charge in [-0.15, -0.1) is 0 Å². The second-order valence-corrected chi connectivity index (χ2v) is 4.58. The van der Waals surface area contributed by atoms with Crippen LogP contribution in [0.2, 0.25) is 12.6 Å². The van der Waals surface area contributed by atoms with E-state index in [0.29, 0.717) is 25.5 Å². The fourth-order valence-electron chi connectivity index (χ4n) is 2.51. The molecule has 0 unspecified atom stereocenters. The van der Waals surface area contributed by atoms with Crippen molar-refractivity contribution in [2.24, 2.45) is 0 Å². The van der Waals surface area contributed by atoms with Crippen LogP contribution < -0.4 is 5.73 Å². The zero-order chi connectivity index (χ0) is 12.4. The topological polar surface area (TPSA) is 49.8 Å². The first kappa shape index (κ1) is 11.9. The summed E-state index contributed by atoms with van der Waals surface area (Å²) in [6.45, 7) is 0.0335. The van der Waals surface area contributed by atoms with Crippen molar-refractivity contribution in [3.63, 3.8) is 0 Å². The molecule has 17 heavy (non-hydrogen) atoms. The van der Waals surface area contributed by atoms with Crippen LogP contribution >= 0.6 is 0 Å². The third-order valence-electron chi connectivity index (χ3n) is 3.42. The van der Waals surface area contributed by atoms with Crippen molar-refractivity contribution >= 4 is 12.4 Å². The van der Waals surface area contributed by atoms with Gasteiger partial charge in [0, 0.05) is 17.2 Å². The lowest BCUT2D eigenvalue weighted by Crippen LogP contribution is -2.20. The fourth-order valence-corrected chi connectivity index (χ4v) is 2.51. The van der Waals surface area contributed by atoms with E-state index in [2.05, 4.69) is 5.97 Å². The Morgan fingerprint density at radius 2 is 1.76 bits per heavy atom. The molecule has 0 aromatic heterocycles. The summed E-state index contributed by atoms with van der Waals surface area (Å²) in [4.78, 5) is 0.